The zero-order chi connectivity index (χ0) is 46.5. The average Bonchev–Trinajstić information content (AvgIpc) is 3.94. The number of nitrogens with zero attached hydrogens (tertiary/aromatic N) is 2. The van der Waals surface area contributed by atoms with Crippen molar-refractivity contribution in [1.82, 2.24) is 9.97 Å². The number of hydrogen-bond donors (Lipinski definition) is 0. The summed E-state index contributed by atoms with van der Waals surface area (Å²) in [5.74, 6) is 1.48. The molecule has 1 aliphatic heterocycles. The normalized spacial score (nSPS) is 12.9. The van der Waals surface area contributed by atoms with E-state index >= 15 is 0 Å². The molecule has 5 heteroatoms. The van der Waals surface area contributed by atoms with Crippen LogP contribution in [0.25, 0.3) is 88.6 Å². The van der Waals surface area contributed by atoms with Crippen LogP contribution in [0.4, 0.5) is 0 Å². The molecule has 0 N–H and O–H groups in total. The standard InChI is InChI=1S/C64H46N2O3/c1-37-33-40(4)61(41(5)34-37)43-30-32-57-51(36-43)64(50-35-42(29-31-56(50)67-57)60-38(2)15-10-16-39(60)3,58-27-13-23-52(65-58)48-21-11-19-46-44-17-6-8-25-54(44)68-62(46)48)59-28-14-24-53(66-59)49-22-12-20-47-45-18-7-9-26-55(45)69-63(47)49/h6-36H,1-5H3. The van der Waals surface area contributed by atoms with Gasteiger partial charge in [0.2, 0.25) is 0 Å². The summed E-state index contributed by atoms with van der Waals surface area (Å²) in [5, 5.41) is 4.24. The Morgan fingerprint density at radius 1 is 0.377 bits per heavy atom. The molecule has 8 aromatic carbocycles. The van der Waals surface area contributed by atoms with Gasteiger partial charge in [0.25, 0.3) is 0 Å². The summed E-state index contributed by atoms with van der Waals surface area (Å²) in [5.41, 5.74) is 19.7. The number of rotatable bonds is 6. The van der Waals surface area contributed by atoms with Crippen molar-refractivity contribution in [2.75, 3.05) is 0 Å². The van der Waals surface area contributed by atoms with E-state index in [9.17, 15) is 0 Å². The zero-order valence-corrected chi connectivity index (χ0v) is 39.0. The maximum absolute atomic E-state index is 7.12. The van der Waals surface area contributed by atoms with Gasteiger partial charge in [0, 0.05) is 43.8 Å². The lowest BCUT2D eigenvalue weighted by Crippen LogP contribution is -2.36. The van der Waals surface area contributed by atoms with Gasteiger partial charge in [0.05, 0.1) is 22.8 Å². The Morgan fingerprint density at radius 2 is 0.812 bits per heavy atom. The molecule has 0 radical (unpaired) electrons. The Morgan fingerprint density at radius 3 is 1.32 bits per heavy atom. The van der Waals surface area contributed by atoms with Crippen molar-refractivity contribution in [2.45, 2.75) is 40.0 Å². The molecule has 13 rings (SSSR count). The molecular formula is C64H46N2O3. The van der Waals surface area contributed by atoms with Crippen molar-refractivity contribution in [3.63, 3.8) is 0 Å². The molecular weight excluding hydrogens is 845 g/mol. The van der Waals surface area contributed by atoms with Gasteiger partial charge in [0.1, 0.15) is 39.2 Å². The fourth-order valence-corrected chi connectivity index (χ4v) is 11.5. The van der Waals surface area contributed by atoms with Gasteiger partial charge in [-0.2, -0.15) is 0 Å². The van der Waals surface area contributed by atoms with E-state index in [2.05, 4.69) is 198 Å². The first kappa shape index (κ1) is 40.7. The Bertz CT molecular complexity index is 3880. The zero-order valence-electron chi connectivity index (χ0n) is 39.0. The molecule has 0 fully saturated rings. The second-order valence-electron chi connectivity index (χ2n) is 18.7. The number of aryl methyl sites for hydroxylation is 5. The van der Waals surface area contributed by atoms with Crippen LogP contribution < -0.4 is 4.74 Å². The van der Waals surface area contributed by atoms with Gasteiger partial charge < -0.3 is 13.6 Å². The van der Waals surface area contributed by atoms with Crippen molar-refractivity contribution < 1.29 is 13.6 Å². The molecule has 0 atom stereocenters. The molecule has 4 aromatic heterocycles. The number of para-hydroxylation sites is 4. The van der Waals surface area contributed by atoms with Crippen LogP contribution in [0.15, 0.2) is 197 Å². The van der Waals surface area contributed by atoms with Crippen LogP contribution in [-0.4, -0.2) is 9.97 Å². The third-order valence-electron chi connectivity index (χ3n) is 14.3. The van der Waals surface area contributed by atoms with E-state index in [1.807, 2.05) is 24.3 Å². The highest BCUT2D eigenvalue weighted by Gasteiger charge is 2.49. The largest absolute Gasteiger partial charge is 0.457 e. The van der Waals surface area contributed by atoms with E-state index in [1.165, 1.54) is 38.9 Å². The number of aromatic nitrogens is 2. The van der Waals surface area contributed by atoms with Crippen molar-refractivity contribution in [3.8, 4) is 56.3 Å². The van der Waals surface area contributed by atoms with Crippen LogP contribution in [0.3, 0.4) is 0 Å². The van der Waals surface area contributed by atoms with Crippen LogP contribution in [0.1, 0.15) is 50.3 Å². The first-order valence-electron chi connectivity index (χ1n) is 23.6. The first-order valence-corrected chi connectivity index (χ1v) is 23.6. The number of ether oxygens (including phenoxy) is 1. The fourth-order valence-electron chi connectivity index (χ4n) is 11.5. The van der Waals surface area contributed by atoms with Gasteiger partial charge in [0.15, 0.2) is 0 Å². The van der Waals surface area contributed by atoms with Crippen LogP contribution >= 0.6 is 0 Å². The summed E-state index contributed by atoms with van der Waals surface area (Å²) in [6.45, 7) is 10.9. The number of fused-ring (bicyclic) bond motifs is 8. The van der Waals surface area contributed by atoms with Crippen molar-refractivity contribution in [1.29, 1.82) is 0 Å². The quantitative estimate of drug-likeness (QED) is 0.166. The molecule has 69 heavy (non-hydrogen) atoms. The number of furan rings is 2. The first-order chi connectivity index (χ1) is 33.7. The van der Waals surface area contributed by atoms with E-state index in [0.29, 0.717) is 0 Å². The van der Waals surface area contributed by atoms with Crippen LogP contribution in [-0.2, 0) is 5.41 Å². The minimum Gasteiger partial charge on any atom is -0.457 e. The smallest absolute Gasteiger partial charge is 0.144 e. The molecule has 1 aliphatic rings. The number of pyridine rings is 2. The second kappa shape index (κ2) is 15.5. The minimum absolute atomic E-state index is 0.742. The van der Waals surface area contributed by atoms with Crippen molar-refractivity contribution in [3.05, 3.63) is 238 Å². The molecule has 330 valence electrons. The van der Waals surface area contributed by atoms with E-state index in [1.54, 1.807) is 0 Å². The lowest BCUT2D eigenvalue weighted by Gasteiger charge is -2.40. The van der Waals surface area contributed by atoms with E-state index < -0.39 is 5.41 Å². The highest BCUT2D eigenvalue weighted by Crippen LogP contribution is 2.57. The topological polar surface area (TPSA) is 61.3 Å². The maximum atomic E-state index is 7.12. The predicted octanol–water partition coefficient (Wildman–Crippen LogP) is 17.0. The summed E-state index contributed by atoms with van der Waals surface area (Å²) in [4.78, 5) is 11.7. The molecule has 0 aliphatic carbocycles. The second-order valence-corrected chi connectivity index (χ2v) is 18.7. The van der Waals surface area contributed by atoms with Crippen LogP contribution in [0.5, 0.6) is 11.5 Å². The molecule has 0 saturated carbocycles. The lowest BCUT2D eigenvalue weighted by molar-refractivity contribution is 0.430. The third-order valence-corrected chi connectivity index (χ3v) is 14.3. The van der Waals surface area contributed by atoms with Gasteiger partial charge in [-0.1, -0.05) is 121 Å². The van der Waals surface area contributed by atoms with Gasteiger partial charge in [-0.3, -0.25) is 9.97 Å². The summed E-state index contributed by atoms with van der Waals surface area (Å²) >= 11 is 0. The molecule has 5 nitrogen and oxygen atoms in total. The monoisotopic (exact) mass is 890 g/mol. The maximum Gasteiger partial charge on any atom is 0.144 e. The Kier molecular flexibility index (Phi) is 9.15. The number of hydrogen-bond acceptors (Lipinski definition) is 5. The fraction of sp³-hybridized carbons (Fsp3) is 0.0938. The molecule has 5 heterocycles. The lowest BCUT2D eigenvalue weighted by atomic mass is 9.66. The predicted molar refractivity (Wildman–Crippen MR) is 280 cm³/mol. The summed E-state index contributed by atoms with van der Waals surface area (Å²) < 4.78 is 20.5. The summed E-state index contributed by atoms with van der Waals surface area (Å²) in [6.07, 6.45) is 0. The summed E-state index contributed by atoms with van der Waals surface area (Å²) in [7, 11) is 0. The molecule has 0 unspecified atom stereocenters. The number of benzene rings is 8. The van der Waals surface area contributed by atoms with Crippen LogP contribution in [0, 0.1) is 34.6 Å². The molecule has 0 spiro atoms. The van der Waals surface area contributed by atoms with Gasteiger partial charge in [-0.05, 0) is 152 Å². The van der Waals surface area contributed by atoms with Gasteiger partial charge in [-0.25, -0.2) is 0 Å². The Hall–Kier alpha value is -8.54. The molecule has 0 amide bonds. The Labute approximate surface area is 400 Å². The minimum atomic E-state index is -1.12. The summed E-state index contributed by atoms with van der Waals surface area (Å²) in [6, 6.07) is 66.2. The van der Waals surface area contributed by atoms with Crippen molar-refractivity contribution in [2.24, 2.45) is 0 Å². The van der Waals surface area contributed by atoms with E-state index in [-0.39, 0.29) is 0 Å². The Balaban J connectivity index is 1.15. The third kappa shape index (κ3) is 6.23. The molecule has 12 aromatic rings. The van der Waals surface area contributed by atoms with E-state index in [0.717, 1.165) is 112 Å². The average molecular weight is 891 g/mol. The highest BCUT2D eigenvalue weighted by molar-refractivity contribution is 6.10. The van der Waals surface area contributed by atoms with Crippen molar-refractivity contribution >= 4 is 43.9 Å². The highest BCUT2D eigenvalue weighted by atomic mass is 16.5. The van der Waals surface area contributed by atoms with Crippen LogP contribution in [0.2, 0.25) is 0 Å². The van der Waals surface area contributed by atoms with Gasteiger partial charge in [-0.15, -0.1) is 0 Å². The SMILES string of the molecule is Cc1cc(C)c(-c2ccc3c(c2)C(c2cccc(-c4cccc5c4oc4ccccc45)n2)(c2cccc(-c4cccc5c4oc4ccccc45)n2)c2cc(-c4c(C)cccc4C)ccc2O3)c(C)c1. The van der Waals surface area contributed by atoms with E-state index in [4.69, 9.17) is 23.5 Å². The molecule has 0 bridgehead atoms. The molecule has 0 saturated heterocycles. The van der Waals surface area contributed by atoms with Gasteiger partial charge >= 0.3 is 0 Å².